The summed E-state index contributed by atoms with van der Waals surface area (Å²) in [7, 11) is 1.69. The third kappa shape index (κ3) is 6.92. The number of hydrogen-bond acceptors (Lipinski definition) is 3. The van der Waals surface area contributed by atoms with Crippen LogP contribution in [0.15, 0.2) is 24.3 Å². The zero-order valence-corrected chi connectivity index (χ0v) is 13.0. The highest BCUT2D eigenvalue weighted by molar-refractivity contribution is 5.27. The first-order valence-corrected chi connectivity index (χ1v) is 7.89. The van der Waals surface area contributed by atoms with Gasteiger partial charge in [0, 0.05) is 6.04 Å². The van der Waals surface area contributed by atoms with Gasteiger partial charge in [-0.25, -0.2) is 0 Å². The van der Waals surface area contributed by atoms with Crippen LogP contribution in [0.2, 0.25) is 0 Å². The molecule has 1 rings (SSSR count). The van der Waals surface area contributed by atoms with E-state index in [2.05, 4.69) is 24.5 Å². The lowest BCUT2D eigenvalue weighted by molar-refractivity contribution is 0.414. The lowest BCUT2D eigenvalue weighted by atomic mass is 10.00. The molecule has 0 radical (unpaired) electrons. The summed E-state index contributed by atoms with van der Waals surface area (Å²) in [5.41, 5.74) is 4.26. The summed E-state index contributed by atoms with van der Waals surface area (Å²) in [6, 6.07) is 8.62. The first-order valence-electron chi connectivity index (χ1n) is 7.89. The van der Waals surface area contributed by atoms with Gasteiger partial charge in [0.15, 0.2) is 0 Å². The second kappa shape index (κ2) is 10.7. The summed E-state index contributed by atoms with van der Waals surface area (Å²) < 4.78 is 5.17. The molecule has 3 heteroatoms. The summed E-state index contributed by atoms with van der Waals surface area (Å²) >= 11 is 0. The zero-order chi connectivity index (χ0) is 14.6. The molecule has 0 amide bonds. The molecule has 3 nitrogen and oxygen atoms in total. The monoisotopic (exact) mass is 278 g/mol. The van der Waals surface area contributed by atoms with E-state index in [1.165, 1.54) is 44.1 Å². The fraction of sp³-hybridized carbons (Fsp3) is 0.647. The minimum absolute atomic E-state index is 0.370. The van der Waals surface area contributed by atoms with Crippen LogP contribution < -0.4 is 16.0 Å². The molecule has 0 aliphatic rings. The van der Waals surface area contributed by atoms with Crippen LogP contribution in [0.4, 0.5) is 0 Å². The predicted molar refractivity (Wildman–Crippen MR) is 85.8 cm³/mol. The summed E-state index contributed by atoms with van der Waals surface area (Å²) in [5, 5.41) is 0. The maximum absolute atomic E-state index is 5.66. The van der Waals surface area contributed by atoms with Crippen molar-refractivity contribution in [1.82, 2.24) is 5.43 Å². The molecule has 0 spiro atoms. The number of nitrogens with two attached hydrogens (primary N) is 1. The Morgan fingerprint density at radius 2 is 1.70 bits per heavy atom. The van der Waals surface area contributed by atoms with Gasteiger partial charge in [0.25, 0.3) is 0 Å². The van der Waals surface area contributed by atoms with Crippen molar-refractivity contribution < 1.29 is 4.74 Å². The third-order valence-corrected chi connectivity index (χ3v) is 3.78. The van der Waals surface area contributed by atoms with Crippen LogP contribution >= 0.6 is 0 Å². The minimum Gasteiger partial charge on any atom is -0.497 e. The molecule has 3 N–H and O–H groups in total. The summed E-state index contributed by atoms with van der Waals surface area (Å²) in [5.74, 6) is 6.57. The molecule has 0 aliphatic heterocycles. The molecule has 1 aromatic carbocycles. The maximum atomic E-state index is 5.66. The highest BCUT2D eigenvalue weighted by atomic mass is 16.5. The molecule has 114 valence electrons. The van der Waals surface area contributed by atoms with Gasteiger partial charge < -0.3 is 4.74 Å². The SMILES string of the molecule is CCCCCCCCC(Cc1ccc(OC)cc1)NN. The van der Waals surface area contributed by atoms with Crippen molar-refractivity contribution in [3.63, 3.8) is 0 Å². The average Bonchev–Trinajstić information content (AvgIpc) is 2.50. The Bertz CT molecular complexity index is 337. The third-order valence-electron chi connectivity index (χ3n) is 3.78. The molecule has 0 saturated heterocycles. The largest absolute Gasteiger partial charge is 0.497 e. The fourth-order valence-corrected chi connectivity index (χ4v) is 2.46. The molecule has 0 saturated carbocycles. The normalized spacial score (nSPS) is 12.3. The van der Waals surface area contributed by atoms with Crippen LogP contribution in [-0.4, -0.2) is 13.2 Å². The second-order valence-electron chi connectivity index (χ2n) is 5.47. The number of rotatable bonds is 11. The number of benzene rings is 1. The topological polar surface area (TPSA) is 47.3 Å². The Morgan fingerprint density at radius 3 is 2.30 bits per heavy atom. The molecular weight excluding hydrogens is 248 g/mol. The van der Waals surface area contributed by atoms with E-state index >= 15 is 0 Å². The van der Waals surface area contributed by atoms with Gasteiger partial charge in [-0.05, 0) is 30.5 Å². The van der Waals surface area contributed by atoms with Crippen molar-refractivity contribution in [1.29, 1.82) is 0 Å². The summed E-state index contributed by atoms with van der Waals surface area (Å²) in [6.45, 7) is 2.25. The van der Waals surface area contributed by atoms with E-state index < -0.39 is 0 Å². The van der Waals surface area contributed by atoms with Gasteiger partial charge in [-0.15, -0.1) is 0 Å². The van der Waals surface area contributed by atoms with Gasteiger partial charge in [0.05, 0.1) is 7.11 Å². The maximum Gasteiger partial charge on any atom is 0.118 e. The summed E-state index contributed by atoms with van der Waals surface area (Å²) in [6.07, 6.45) is 10.1. The number of nitrogens with one attached hydrogen (secondary N) is 1. The van der Waals surface area contributed by atoms with E-state index in [9.17, 15) is 0 Å². The predicted octanol–water partition coefficient (Wildman–Crippen LogP) is 3.82. The minimum atomic E-state index is 0.370. The molecule has 1 atom stereocenters. The molecule has 0 heterocycles. The Hall–Kier alpha value is -1.06. The average molecular weight is 278 g/mol. The van der Waals surface area contributed by atoms with Crippen LogP contribution in [0.1, 0.15) is 57.4 Å². The molecule has 0 aliphatic carbocycles. The van der Waals surface area contributed by atoms with E-state index in [-0.39, 0.29) is 0 Å². The number of methoxy groups -OCH3 is 1. The Morgan fingerprint density at radius 1 is 1.05 bits per heavy atom. The van der Waals surface area contributed by atoms with Crippen molar-refractivity contribution in [2.24, 2.45) is 5.84 Å². The van der Waals surface area contributed by atoms with E-state index in [0.29, 0.717) is 6.04 Å². The van der Waals surface area contributed by atoms with Gasteiger partial charge in [0.2, 0.25) is 0 Å². The lowest BCUT2D eigenvalue weighted by Crippen LogP contribution is -2.36. The van der Waals surface area contributed by atoms with Gasteiger partial charge in [-0.3, -0.25) is 11.3 Å². The number of ether oxygens (including phenoxy) is 1. The highest BCUT2D eigenvalue weighted by Gasteiger charge is 2.07. The fourth-order valence-electron chi connectivity index (χ4n) is 2.46. The van der Waals surface area contributed by atoms with Gasteiger partial charge in [0.1, 0.15) is 5.75 Å². The van der Waals surface area contributed by atoms with E-state index in [1.54, 1.807) is 7.11 Å². The standard InChI is InChI=1S/C17H30N2O/c1-3-4-5-6-7-8-9-16(19-18)14-15-10-12-17(20-2)13-11-15/h10-13,16,19H,3-9,14,18H2,1-2H3. The molecule has 1 aromatic rings. The van der Waals surface area contributed by atoms with Gasteiger partial charge >= 0.3 is 0 Å². The Kier molecular flexibility index (Phi) is 9.09. The first-order chi connectivity index (χ1) is 9.80. The quantitative estimate of drug-likeness (QED) is 0.367. The molecule has 0 aromatic heterocycles. The van der Waals surface area contributed by atoms with Crippen molar-refractivity contribution in [2.45, 2.75) is 64.3 Å². The van der Waals surface area contributed by atoms with Crippen LogP contribution in [0.3, 0.4) is 0 Å². The number of hydrogen-bond donors (Lipinski definition) is 2. The van der Waals surface area contributed by atoms with Crippen LogP contribution in [0, 0.1) is 0 Å². The number of hydrazine groups is 1. The molecule has 20 heavy (non-hydrogen) atoms. The van der Waals surface area contributed by atoms with Crippen LogP contribution in [0.25, 0.3) is 0 Å². The highest BCUT2D eigenvalue weighted by Crippen LogP contribution is 2.15. The van der Waals surface area contributed by atoms with Crippen molar-refractivity contribution >= 4 is 0 Å². The number of unbranched alkanes of at least 4 members (excludes halogenated alkanes) is 5. The zero-order valence-electron chi connectivity index (χ0n) is 13.0. The Balaban J connectivity index is 2.24. The molecule has 1 unspecified atom stereocenters. The van der Waals surface area contributed by atoms with E-state index in [4.69, 9.17) is 10.6 Å². The van der Waals surface area contributed by atoms with Crippen molar-refractivity contribution in [2.75, 3.05) is 7.11 Å². The van der Waals surface area contributed by atoms with Gasteiger partial charge in [-0.2, -0.15) is 0 Å². The van der Waals surface area contributed by atoms with Gasteiger partial charge in [-0.1, -0.05) is 57.6 Å². The molecular formula is C17H30N2O. The summed E-state index contributed by atoms with van der Waals surface area (Å²) in [4.78, 5) is 0. The van der Waals surface area contributed by atoms with E-state index in [0.717, 1.165) is 18.6 Å². The van der Waals surface area contributed by atoms with Crippen molar-refractivity contribution in [3.8, 4) is 5.75 Å². The first kappa shape index (κ1) is 17.0. The van der Waals surface area contributed by atoms with E-state index in [1.807, 2.05) is 12.1 Å². The smallest absolute Gasteiger partial charge is 0.118 e. The van der Waals surface area contributed by atoms with Crippen LogP contribution in [0.5, 0.6) is 5.75 Å². The second-order valence-corrected chi connectivity index (χ2v) is 5.47. The molecule has 0 fully saturated rings. The van der Waals surface area contributed by atoms with Crippen LogP contribution in [-0.2, 0) is 6.42 Å². The van der Waals surface area contributed by atoms with Crippen molar-refractivity contribution in [3.05, 3.63) is 29.8 Å². The molecule has 0 bridgehead atoms. The lowest BCUT2D eigenvalue weighted by Gasteiger charge is -2.16. The Labute approximate surface area is 123 Å².